The van der Waals surface area contributed by atoms with Gasteiger partial charge in [-0.15, -0.1) is 0 Å². The van der Waals surface area contributed by atoms with E-state index in [9.17, 15) is 17.6 Å². The Balaban J connectivity index is 2.09. The van der Waals surface area contributed by atoms with Crippen molar-refractivity contribution in [2.24, 2.45) is 0 Å². The molecule has 0 N–H and O–H groups in total. The van der Waals surface area contributed by atoms with Crippen LogP contribution in [0.3, 0.4) is 0 Å². The second-order valence-electron chi connectivity index (χ2n) is 6.21. The van der Waals surface area contributed by atoms with E-state index < -0.39 is 11.7 Å². The summed E-state index contributed by atoms with van der Waals surface area (Å²) in [4.78, 5) is 0. The van der Waals surface area contributed by atoms with Gasteiger partial charge in [-0.1, -0.05) is 12.1 Å². The number of benzene rings is 2. The summed E-state index contributed by atoms with van der Waals surface area (Å²) in [5.41, 5.74) is 1.64. The standard InChI is InChI=1S/C20H15F4N3/c1-12-17(9-14-3-6-16(21)7-4-14)13(2)27(26-12)19-8-5-15(11-25)10-18(19)20(22,23)24/h3-8,10H,9H2,1-2H3. The first kappa shape index (κ1) is 18.6. The zero-order valence-corrected chi connectivity index (χ0v) is 14.6. The summed E-state index contributed by atoms with van der Waals surface area (Å²) in [6.07, 6.45) is -4.19. The van der Waals surface area contributed by atoms with Gasteiger partial charge < -0.3 is 0 Å². The molecular formula is C20H15F4N3. The summed E-state index contributed by atoms with van der Waals surface area (Å²) in [5, 5.41) is 13.2. The highest BCUT2D eigenvalue weighted by molar-refractivity contribution is 5.50. The summed E-state index contributed by atoms with van der Waals surface area (Å²) in [5.74, 6) is -0.352. The molecule has 0 radical (unpaired) electrons. The molecule has 7 heteroatoms. The van der Waals surface area contributed by atoms with Crippen LogP contribution in [-0.2, 0) is 12.6 Å². The number of aromatic nitrogens is 2. The summed E-state index contributed by atoms with van der Waals surface area (Å²) >= 11 is 0. The first-order valence-corrected chi connectivity index (χ1v) is 8.12. The van der Waals surface area contributed by atoms with Crippen LogP contribution in [0.25, 0.3) is 5.69 Å². The van der Waals surface area contributed by atoms with Crippen molar-refractivity contribution in [1.29, 1.82) is 5.26 Å². The highest BCUT2D eigenvalue weighted by atomic mass is 19.4. The highest BCUT2D eigenvalue weighted by Crippen LogP contribution is 2.35. The third-order valence-electron chi connectivity index (χ3n) is 4.39. The molecule has 0 saturated heterocycles. The molecule has 27 heavy (non-hydrogen) atoms. The predicted octanol–water partition coefficient (Wildman–Crippen LogP) is 5.11. The van der Waals surface area contributed by atoms with Gasteiger partial charge in [-0.2, -0.15) is 23.5 Å². The van der Waals surface area contributed by atoms with Crippen LogP contribution in [0.15, 0.2) is 42.5 Å². The van der Waals surface area contributed by atoms with Crippen molar-refractivity contribution >= 4 is 0 Å². The van der Waals surface area contributed by atoms with Crippen LogP contribution in [0, 0.1) is 31.0 Å². The fraction of sp³-hybridized carbons (Fsp3) is 0.200. The molecule has 0 aliphatic heterocycles. The minimum absolute atomic E-state index is 0.0702. The Morgan fingerprint density at radius 1 is 1.07 bits per heavy atom. The lowest BCUT2D eigenvalue weighted by atomic mass is 10.0. The van der Waals surface area contributed by atoms with Crippen molar-refractivity contribution in [2.45, 2.75) is 26.4 Å². The largest absolute Gasteiger partial charge is 0.418 e. The van der Waals surface area contributed by atoms with E-state index in [0.717, 1.165) is 17.2 Å². The number of rotatable bonds is 3. The smallest absolute Gasteiger partial charge is 0.237 e. The quantitative estimate of drug-likeness (QED) is 0.599. The molecule has 2 aromatic carbocycles. The van der Waals surface area contributed by atoms with Crippen molar-refractivity contribution in [3.63, 3.8) is 0 Å². The molecule has 0 unspecified atom stereocenters. The van der Waals surface area contributed by atoms with Crippen LogP contribution in [0.1, 0.15) is 33.6 Å². The number of halogens is 4. The van der Waals surface area contributed by atoms with E-state index in [1.54, 1.807) is 32.0 Å². The maximum atomic E-state index is 13.5. The summed E-state index contributed by atoms with van der Waals surface area (Å²) in [6.45, 7) is 3.41. The fourth-order valence-corrected chi connectivity index (χ4v) is 2.99. The van der Waals surface area contributed by atoms with Crippen LogP contribution in [0.5, 0.6) is 0 Å². The van der Waals surface area contributed by atoms with Gasteiger partial charge >= 0.3 is 6.18 Å². The molecule has 0 saturated carbocycles. The maximum Gasteiger partial charge on any atom is 0.418 e. The first-order valence-electron chi connectivity index (χ1n) is 8.12. The molecule has 0 atom stereocenters. The SMILES string of the molecule is Cc1nn(-c2ccc(C#N)cc2C(F)(F)F)c(C)c1Cc1ccc(F)cc1. The molecule has 0 bridgehead atoms. The van der Waals surface area contributed by atoms with Gasteiger partial charge in [-0.25, -0.2) is 9.07 Å². The average molecular weight is 373 g/mol. The van der Waals surface area contributed by atoms with Crippen molar-refractivity contribution < 1.29 is 17.6 Å². The van der Waals surface area contributed by atoms with Gasteiger partial charge in [0, 0.05) is 17.7 Å². The molecule has 3 nitrogen and oxygen atoms in total. The highest BCUT2D eigenvalue weighted by Gasteiger charge is 2.35. The molecule has 0 aliphatic rings. The first-order chi connectivity index (χ1) is 12.7. The number of nitrogens with zero attached hydrogens (tertiary/aromatic N) is 3. The van der Waals surface area contributed by atoms with E-state index in [2.05, 4.69) is 5.10 Å². The Hall–Kier alpha value is -3.14. The Morgan fingerprint density at radius 3 is 2.33 bits per heavy atom. The second kappa shape index (κ2) is 6.88. The minimum Gasteiger partial charge on any atom is -0.237 e. The van der Waals surface area contributed by atoms with Crippen molar-refractivity contribution in [3.05, 3.63) is 81.9 Å². The van der Waals surface area contributed by atoms with E-state index in [-0.39, 0.29) is 17.1 Å². The topological polar surface area (TPSA) is 41.6 Å². The zero-order chi connectivity index (χ0) is 19.8. The van der Waals surface area contributed by atoms with Crippen molar-refractivity contribution in [2.75, 3.05) is 0 Å². The number of aryl methyl sites for hydroxylation is 1. The molecule has 0 amide bonds. The van der Waals surface area contributed by atoms with Gasteiger partial charge in [0.15, 0.2) is 0 Å². The summed E-state index contributed by atoms with van der Waals surface area (Å²) in [7, 11) is 0. The summed E-state index contributed by atoms with van der Waals surface area (Å²) in [6, 6.07) is 11.1. The number of alkyl halides is 3. The monoisotopic (exact) mass is 373 g/mol. The van der Waals surface area contributed by atoms with Crippen LogP contribution >= 0.6 is 0 Å². The van der Waals surface area contributed by atoms with Crippen LogP contribution in [0.2, 0.25) is 0 Å². The second-order valence-corrected chi connectivity index (χ2v) is 6.21. The Morgan fingerprint density at radius 2 is 1.74 bits per heavy atom. The molecular weight excluding hydrogens is 358 g/mol. The Bertz CT molecular complexity index is 1030. The average Bonchev–Trinajstić information content (AvgIpc) is 2.90. The van der Waals surface area contributed by atoms with Gasteiger partial charge in [0.1, 0.15) is 5.82 Å². The van der Waals surface area contributed by atoms with Gasteiger partial charge in [-0.3, -0.25) is 0 Å². The van der Waals surface area contributed by atoms with E-state index in [1.807, 2.05) is 0 Å². The third-order valence-corrected chi connectivity index (χ3v) is 4.39. The lowest BCUT2D eigenvalue weighted by Gasteiger charge is -2.14. The van der Waals surface area contributed by atoms with Gasteiger partial charge in [-0.05, 0) is 49.7 Å². The zero-order valence-electron chi connectivity index (χ0n) is 14.6. The van der Waals surface area contributed by atoms with E-state index >= 15 is 0 Å². The third kappa shape index (κ3) is 3.70. The molecule has 3 aromatic rings. The summed E-state index contributed by atoms with van der Waals surface area (Å²) < 4.78 is 54.8. The fourth-order valence-electron chi connectivity index (χ4n) is 2.99. The maximum absolute atomic E-state index is 13.5. The van der Waals surface area contributed by atoms with Gasteiger partial charge in [0.2, 0.25) is 0 Å². The molecule has 1 heterocycles. The lowest BCUT2D eigenvalue weighted by molar-refractivity contribution is -0.137. The molecule has 0 spiro atoms. The minimum atomic E-state index is -4.62. The van der Waals surface area contributed by atoms with Gasteiger partial charge in [0.05, 0.1) is 28.6 Å². The van der Waals surface area contributed by atoms with E-state index in [1.165, 1.54) is 28.9 Å². The predicted molar refractivity (Wildman–Crippen MR) is 92.0 cm³/mol. The Labute approximate surface area is 153 Å². The molecule has 0 aliphatic carbocycles. The van der Waals surface area contributed by atoms with E-state index in [4.69, 9.17) is 5.26 Å². The van der Waals surface area contributed by atoms with Gasteiger partial charge in [0.25, 0.3) is 0 Å². The van der Waals surface area contributed by atoms with Crippen LogP contribution < -0.4 is 0 Å². The molecule has 0 fully saturated rings. The van der Waals surface area contributed by atoms with E-state index in [0.29, 0.717) is 17.8 Å². The van der Waals surface area contributed by atoms with Crippen LogP contribution in [0.4, 0.5) is 17.6 Å². The molecule has 3 rings (SSSR count). The van der Waals surface area contributed by atoms with Crippen molar-refractivity contribution in [1.82, 2.24) is 9.78 Å². The lowest BCUT2D eigenvalue weighted by Crippen LogP contribution is -2.13. The molecule has 1 aromatic heterocycles. The number of hydrogen-bond donors (Lipinski definition) is 0. The normalized spacial score (nSPS) is 11.4. The number of hydrogen-bond acceptors (Lipinski definition) is 2. The number of nitriles is 1. The molecule has 138 valence electrons. The van der Waals surface area contributed by atoms with Crippen LogP contribution in [-0.4, -0.2) is 9.78 Å². The van der Waals surface area contributed by atoms with Crippen molar-refractivity contribution in [3.8, 4) is 11.8 Å². The Kier molecular flexibility index (Phi) is 4.75.